The molecule has 1 atom stereocenters. The van der Waals surface area contributed by atoms with Gasteiger partial charge in [0.1, 0.15) is 0 Å². The van der Waals surface area contributed by atoms with Crippen LogP contribution in [0.15, 0.2) is 22.8 Å². The molecule has 2 aliphatic rings. The summed E-state index contributed by atoms with van der Waals surface area (Å²) in [6, 6.07) is 0. The lowest BCUT2D eigenvalue weighted by atomic mass is 10.0. The van der Waals surface area contributed by atoms with Crippen molar-refractivity contribution in [3.63, 3.8) is 0 Å². The monoisotopic (exact) mass is 387 g/mol. The third kappa shape index (κ3) is 4.26. The Morgan fingerprint density at radius 3 is 2.93 bits per heavy atom. The van der Waals surface area contributed by atoms with E-state index in [9.17, 15) is 0 Å². The minimum atomic E-state index is 0.541. The van der Waals surface area contributed by atoms with E-state index in [0.717, 1.165) is 51.5 Å². The van der Waals surface area contributed by atoms with Crippen molar-refractivity contribution < 1.29 is 0 Å². The summed E-state index contributed by atoms with van der Waals surface area (Å²) in [5.41, 5.74) is 2.51. The van der Waals surface area contributed by atoms with Crippen LogP contribution < -0.4 is 10.2 Å². The van der Waals surface area contributed by atoms with Crippen molar-refractivity contribution in [1.29, 1.82) is 0 Å². The van der Waals surface area contributed by atoms with Crippen LogP contribution in [-0.4, -0.2) is 65.4 Å². The predicted molar refractivity (Wildman–Crippen MR) is 111 cm³/mol. The number of anilines is 1. The second kappa shape index (κ2) is 8.29. The van der Waals surface area contributed by atoms with Crippen LogP contribution in [0.25, 0.3) is 0 Å². The maximum absolute atomic E-state index is 4.81. The molecule has 27 heavy (non-hydrogen) atoms. The topological polar surface area (TPSA) is 61.6 Å². The summed E-state index contributed by atoms with van der Waals surface area (Å²) in [5.74, 6) is 1.54. The summed E-state index contributed by atoms with van der Waals surface area (Å²) < 4.78 is 1.88. The van der Waals surface area contributed by atoms with Crippen molar-refractivity contribution in [1.82, 2.24) is 25.0 Å². The zero-order valence-electron chi connectivity index (χ0n) is 16.3. The number of hydrogen-bond acceptors (Lipinski definition) is 5. The third-order valence-electron chi connectivity index (χ3n) is 5.48. The Balaban J connectivity index is 1.26. The van der Waals surface area contributed by atoms with Crippen LogP contribution in [0.5, 0.6) is 0 Å². The van der Waals surface area contributed by atoms with Gasteiger partial charge in [-0.25, -0.2) is 4.98 Å². The molecule has 4 heterocycles. The Bertz CT molecular complexity index is 775. The second-order valence-corrected chi connectivity index (χ2v) is 8.26. The number of nitrogens with one attached hydrogen (secondary N) is 1. The number of aliphatic imine (C=N–C) groups is 1. The summed E-state index contributed by atoms with van der Waals surface area (Å²) >= 11 is 1.78. The van der Waals surface area contributed by atoms with Crippen molar-refractivity contribution >= 4 is 22.4 Å². The molecule has 0 radical (unpaired) electrons. The van der Waals surface area contributed by atoms with Crippen LogP contribution in [0.2, 0.25) is 0 Å². The van der Waals surface area contributed by atoms with Gasteiger partial charge in [0.15, 0.2) is 11.1 Å². The van der Waals surface area contributed by atoms with Crippen molar-refractivity contribution in [3.05, 3.63) is 29.0 Å². The van der Waals surface area contributed by atoms with E-state index in [-0.39, 0.29) is 0 Å². The van der Waals surface area contributed by atoms with Gasteiger partial charge in [0.05, 0.1) is 11.9 Å². The predicted octanol–water partition coefficient (Wildman–Crippen LogP) is 2.08. The largest absolute Gasteiger partial charge is 0.356 e. The van der Waals surface area contributed by atoms with E-state index >= 15 is 0 Å². The lowest BCUT2D eigenvalue weighted by Gasteiger charge is -2.21. The highest BCUT2D eigenvalue weighted by atomic mass is 32.1. The number of thiazole rings is 1. The van der Waals surface area contributed by atoms with Gasteiger partial charge < -0.3 is 15.1 Å². The van der Waals surface area contributed by atoms with E-state index in [1.54, 1.807) is 11.3 Å². The average Bonchev–Trinajstić information content (AvgIpc) is 3.45. The molecular weight excluding hydrogens is 358 g/mol. The third-order valence-corrected chi connectivity index (χ3v) is 6.43. The van der Waals surface area contributed by atoms with Gasteiger partial charge in [0, 0.05) is 70.7 Å². The van der Waals surface area contributed by atoms with Gasteiger partial charge in [-0.15, -0.1) is 11.3 Å². The first-order valence-corrected chi connectivity index (χ1v) is 10.7. The highest BCUT2D eigenvalue weighted by Gasteiger charge is 2.26. The molecule has 0 aromatic carbocycles. The molecule has 1 unspecified atom stereocenters. The summed E-state index contributed by atoms with van der Waals surface area (Å²) in [5, 5.41) is 11.2. The number of rotatable bonds is 5. The fraction of sp³-hybridized carbons (Fsp3) is 0.632. The van der Waals surface area contributed by atoms with Crippen LogP contribution in [0.3, 0.4) is 0 Å². The van der Waals surface area contributed by atoms with Gasteiger partial charge in [-0.05, 0) is 24.8 Å². The molecule has 2 aromatic heterocycles. The van der Waals surface area contributed by atoms with Crippen molar-refractivity contribution in [2.45, 2.75) is 31.6 Å². The molecule has 0 bridgehead atoms. The van der Waals surface area contributed by atoms with E-state index in [1.807, 2.05) is 25.0 Å². The quantitative estimate of drug-likeness (QED) is 0.629. The highest BCUT2D eigenvalue weighted by molar-refractivity contribution is 7.13. The number of aryl methyl sites for hydroxylation is 1. The zero-order valence-corrected chi connectivity index (χ0v) is 17.1. The molecule has 2 aliphatic heterocycles. The van der Waals surface area contributed by atoms with Gasteiger partial charge in [0.25, 0.3) is 0 Å². The summed E-state index contributed by atoms with van der Waals surface area (Å²) in [7, 11) is 3.85. The van der Waals surface area contributed by atoms with Gasteiger partial charge in [-0.3, -0.25) is 9.67 Å². The van der Waals surface area contributed by atoms with E-state index in [2.05, 4.69) is 36.8 Å². The van der Waals surface area contributed by atoms with Crippen molar-refractivity contribution in [2.24, 2.45) is 12.0 Å². The van der Waals surface area contributed by atoms with Crippen LogP contribution in [-0.2, 0) is 13.5 Å². The Hall–Kier alpha value is -2.09. The molecule has 1 N–H and O–H groups in total. The lowest BCUT2D eigenvalue weighted by molar-refractivity contribution is 0.486. The van der Waals surface area contributed by atoms with Gasteiger partial charge in [0.2, 0.25) is 0 Å². The average molecular weight is 388 g/mol. The number of nitrogens with zero attached hydrogens (tertiary/aromatic N) is 6. The van der Waals surface area contributed by atoms with E-state index < -0.39 is 0 Å². The number of guanidine groups is 1. The van der Waals surface area contributed by atoms with Crippen molar-refractivity contribution in [3.8, 4) is 0 Å². The smallest absolute Gasteiger partial charge is 0.193 e. The fourth-order valence-electron chi connectivity index (χ4n) is 3.98. The van der Waals surface area contributed by atoms with E-state index in [0.29, 0.717) is 5.92 Å². The normalized spacial score (nSPS) is 20.7. The number of hydrogen-bond donors (Lipinski definition) is 1. The second-order valence-electron chi connectivity index (χ2n) is 7.42. The van der Waals surface area contributed by atoms with Crippen LogP contribution in [0.4, 0.5) is 5.13 Å². The van der Waals surface area contributed by atoms with E-state index in [4.69, 9.17) is 4.98 Å². The molecule has 0 saturated carbocycles. The maximum Gasteiger partial charge on any atom is 0.193 e. The number of aromatic nitrogens is 3. The summed E-state index contributed by atoms with van der Waals surface area (Å²) in [4.78, 5) is 14.1. The van der Waals surface area contributed by atoms with Crippen LogP contribution in [0, 0.1) is 0 Å². The molecule has 7 nitrogen and oxygen atoms in total. The molecule has 0 aliphatic carbocycles. The summed E-state index contributed by atoms with van der Waals surface area (Å²) in [6.07, 6.45) is 8.79. The van der Waals surface area contributed by atoms with Gasteiger partial charge >= 0.3 is 0 Å². The molecule has 146 valence electrons. The first-order chi connectivity index (χ1) is 13.2. The summed E-state index contributed by atoms with van der Waals surface area (Å²) in [6.45, 7) is 5.22. The first-order valence-electron chi connectivity index (χ1n) is 9.86. The maximum atomic E-state index is 4.81. The minimum absolute atomic E-state index is 0.541. The Labute approximate surface area is 165 Å². The highest BCUT2D eigenvalue weighted by Crippen LogP contribution is 2.27. The first kappa shape index (κ1) is 18.3. The molecule has 4 rings (SSSR count). The van der Waals surface area contributed by atoms with Crippen LogP contribution in [0.1, 0.15) is 36.4 Å². The lowest BCUT2D eigenvalue weighted by Crippen LogP contribution is -2.40. The standard InChI is InChI=1S/C19H29N7S/c1-20-18(26-10-6-15(13-26)16-11-22-24(2)12-16)21-7-5-17-14-27-19(23-17)25-8-3-4-9-25/h11-12,14-15H,3-10,13H2,1-2H3,(H,20,21). The molecule has 0 spiro atoms. The van der Waals surface area contributed by atoms with Gasteiger partial charge in [-0.2, -0.15) is 5.10 Å². The molecular formula is C19H29N7S. The van der Waals surface area contributed by atoms with Crippen molar-refractivity contribution in [2.75, 3.05) is 44.7 Å². The molecule has 0 amide bonds. The van der Waals surface area contributed by atoms with Gasteiger partial charge in [-0.1, -0.05) is 0 Å². The Morgan fingerprint density at radius 2 is 2.19 bits per heavy atom. The number of likely N-dealkylation sites (tertiary alicyclic amines) is 1. The zero-order chi connectivity index (χ0) is 18.6. The molecule has 2 aromatic rings. The molecule has 2 saturated heterocycles. The molecule has 8 heteroatoms. The Morgan fingerprint density at radius 1 is 1.33 bits per heavy atom. The Kier molecular flexibility index (Phi) is 5.61. The SMILES string of the molecule is CN=C(NCCc1csc(N2CCCC2)n1)N1CCC(c2cnn(C)c2)C1. The minimum Gasteiger partial charge on any atom is -0.356 e. The fourth-order valence-corrected chi connectivity index (χ4v) is 4.89. The van der Waals surface area contributed by atoms with Crippen LogP contribution >= 0.6 is 11.3 Å². The molecule has 2 fully saturated rings. The van der Waals surface area contributed by atoms with E-state index in [1.165, 1.54) is 29.2 Å².